The number of nitrogens with zero attached hydrogens (tertiary/aromatic N) is 1. The van der Waals surface area contributed by atoms with Crippen molar-refractivity contribution in [1.29, 1.82) is 0 Å². The fourth-order valence-corrected chi connectivity index (χ4v) is 4.40. The minimum absolute atomic E-state index is 0.0752. The van der Waals surface area contributed by atoms with Crippen LogP contribution in [0.2, 0.25) is 0 Å². The third-order valence-corrected chi connectivity index (χ3v) is 5.93. The highest BCUT2D eigenvalue weighted by Gasteiger charge is 2.66. The number of hydrogen-bond acceptors (Lipinski definition) is 4. The van der Waals surface area contributed by atoms with Gasteiger partial charge in [-0.2, -0.15) is 0 Å². The van der Waals surface area contributed by atoms with Crippen LogP contribution in [-0.4, -0.2) is 56.0 Å². The minimum atomic E-state index is -0.116. The summed E-state index contributed by atoms with van der Waals surface area (Å²) >= 11 is 0. The van der Waals surface area contributed by atoms with Crippen LogP contribution in [0, 0.1) is 11.3 Å². The zero-order valence-electron chi connectivity index (χ0n) is 12.5. The summed E-state index contributed by atoms with van der Waals surface area (Å²) in [6, 6.07) is 0.541. The first-order valence-electron chi connectivity index (χ1n) is 7.65. The zero-order chi connectivity index (χ0) is 13.7. The molecule has 0 aromatic rings. The van der Waals surface area contributed by atoms with Crippen LogP contribution in [0.25, 0.3) is 0 Å². The summed E-state index contributed by atoms with van der Waals surface area (Å²) in [5.41, 5.74) is 6.80. The second-order valence-electron chi connectivity index (χ2n) is 7.23. The molecule has 0 aromatic carbocycles. The van der Waals surface area contributed by atoms with Gasteiger partial charge in [-0.1, -0.05) is 13.8 Å². The van der Waals surface area contributed by atoms with Crippen molar-refractivity contribution >= 4 is 0 Å². The monoisotopic (exact) mass is 268 g/mol. The van der Waals surface area contributed by atoms with Crippen LogP contribution in [0.3, 0.4) is 0 Å². The van der Waals surface area contributed by atoms with E-state index >= 15 is 0 Å². The third kappa shape index (κ3) is 1.96. The first-order valence-corrected chi connectivity index (χ1v) is 7.65. The van der Waals surface area contributed by atoms with E-state index in [2.05, 4.69) is 25.8 Å². The molecule has 2 N–H and O–H groups in total. The van der Waals surface area contributed by atoms with Crippen LogP contribution in [0.5, 0.6) is 0 Å². The van der Waals surface area contributed by atoms with Crippen LogP contribution < -0.4 is 5.73 Å². The summed E-state index contributed by atoms with van der Waals surface area (Å²) in [6.07, 6.45) is 3.88. The SMILES string of the molecule is CN(CC1(N)C2CCCOC2C1(C)C)C1CCOC1. The highest BCUT2D eigenvalue weighted by atomic mass is 16.5. The van der Waals surface area contributed by atoms with Crippen molar-refractivity contribution in [1.82, 2.24) is 4.90 Å². The molecule has 0 spiro atoms. The van der Waals surface area contributed by atoms with Gasteiger partial charge in [-0.05, 0) is 26.3 Å². The van der Waals surface area contributed by atoms with E-state index < -0.39 is 0 Å². The molecule has 0 amide bonds. The molecule has 4 heteroatoms. The highest BCUT2D eigenvalue weighted by molar-refractivity contribution is 5.20. The van der Waals surface area contributed by atoms with Crippen molar-refractivity contribution in [3.63, 3.8) is 0 Å². The highest BCUT2D eigenvalue weighted by Crippen LogP contribution is 2.57. The fourth-order valence-electron chi connectivity index (χ4n) is 4.40. The molecule has 110 valence electrons. The number of nitrogens with two attached hydrogens (primary N) is 1. The topological polar surface area (TPSA) is 47.7 Å². The molecule has 2 aliphatic heterocycles. The smallest absolute Gasteiger partial charge is 0.0690 e. The molecule has 2 saturated heterocycles. The van der Waals surface area contributed by atoms with Gasteiger partial charge in [-0.25, -0.2) is 0 Å². The lowest BCUT2D eigenvalue weighted by atomic mass is 9.46. The van der Waals surface area contributed by atoms with E-state index in [1.165, 1.54) is 6.42 Å². The average molecular weight is 268 g/mol. The van der Waals surface area contributed by atoms with Gasteiger partial charge < -0.3 is 15.2 Å². The van der Waals surface area contributed by atoms with Crippen LogP contribution >= 0.6 is 0 Å². The standard InChI is InChI=1S/C15H28N2O2/c1-14(2)13-12(5-4-7-19-13)15(14,16)10-17(3)11-6-8-18-9-11/h11-13H,4-10,16H2,1-3H3. The zero-order valence-corrected chi connectivity index (χ0v) is 12.5. The first-order chi connectivity index (χ1) is 8.97. The van der Waals surface area contributed by atoms with Gasteiger partial charge in [0.25, 0.3) is 0 Å². The van der Waals surface area contributed by atoms with E-state index in [4.69, 9.17) is 15.2 Å². The Morgan fingerprint density at radius 2 is 2.05 bits per heavy atom. The van der Waals surface area contributed by atoms with Crippen LogP contribution in [0.1, 0.15) is 33.1 Å². The van der Waals surface area contributed by atoms with Gasteiger partial charge in [0.1, 0.15) is 0 Å². The second kappa shape index (κ2) is 4.69. The van der Waals surface area contributed by atoms with E-state index in [1.54, 1.807) is 0 Å². The normalized spacial score (nSPS) is 45.0. The Labute approximate surface area is 116 Å². The molecular weight excluding hydrogens is 240 g/mol. The quantitative estimate of drug-likeness (QED) is 0.836. The minimum Gasteiger partial charge on any atom is -0.380 e. The molecule has 2 heterocycles. The van der Waals surface area contributed by atoms with E-state index in [1.807, 2.05) is 0 Å². The average Bonchev–Trinajstić information content (AvgIpc) is 2.92. The van der Waals surface area contributed by atoms with Crippen LogP contribution in [0.4, 0.5) is 0 Å². The maximum Gasteiger partial charge on any atom is 0.0690 e. The molecule has 0 radical (unpaired) electrons. The predicted octanol–water partition coefficient (Wildman–Crippen LogP) is 1.24. The Morgan fingerprint density at radius 1 is 1.26 bits per heavy atom. The maximum absolute atomic E-state index is 6.84. The largest absolute Gasteiger partial charge is 0.380 e. The lowest BCUT2D eigenvalue weighted by molar-refractivity contribution is -0.232. The van der Waals surface area contributed by atoms with E-state index in [-0.39, 0.29) is 11.0 Å². The molecule has 1 saturated carbocycles. The molecule has 19 heavy (non-hydrogen) atoms. The lowest BCUT2D eigenvalue weighted by Gasteiger charge is -2.67. The van der Waals surface area contributed by atoms with Crippen LogP contribution in [0.15, 0.2) is 0 Å². The summed E-state index contributed by atoms with van der Waals surface area (Å²) in [5.74, 6) is 0.529. The third-order valence-electron chi connectivity index (χ3n) is 5.93. The van der Waals surface area contributed by atoms with E-state index in [9.17, 15) is 0 Å². The predicted molar refractivity (Wildman–Crippen MR) is 75.0 cm³/mol. The van der Waals surface area contributed by atoms with Gasteiger partial charge >= 0.3 is 0 Å². The van der Waals surface area contributed by atoms with Crippen molar-refractivity contribution in [2.24, 2.45) is 17.1 Å². The Balaban J connectivity index is 1.70. The maximum atomic E-state index is 6.84. The molecule has 0 aromatic heterocycles. The van der Waals surface area contributed by atoms with E-state index in [0.717, 1.165) is 39.2 Å². The lowest BCUT2D eigenvalue weighted by Crippen LogP contribution is -2.80. The first kappa shape index (κ1) is 13.8. The molecule has 4 nitrogen and oxygen atoms in total. The van der Waals surface area contributed by atoms with Gasteiger partial charge in [-0.3, -0.25) is 4.90 Å². The Morgan fingerprint density at radius 3 is 2.74 bits per heavy atom. The van der Waals surface area contributed by atoms with Crippen molar-refractivity contribution in [3.8, 4) is 0 Å². The Bertz CT molecular complexity index is 341. The van der Waals surface area contributed by atoms with Gasteiger partial charge in [-0.15, -0.1) is 0 Å². The summed E-state index contributed by atoms with van der Waals surface area (Å²) < 4.78 is 11.5. The summed E-state index contributed by atoms with van der Waals surface area (Å²) in [6.45, 7) is 8.17. The Kier molecular flexibility index (Phi) is 3.41. The molecular formula is C15H28N2O2. The fraction of sp³-hybridized carbons (Fsp3) is 1.00. The summed E-state index contributed by atoms with van der Waals surface area (Å²) in [4.78, 5) is 2.42. The summed E-state index contributed by atoms with van der Waals surface area (Å²) in [5, 5.41) is 0. The molecule has 0 bridgehead atoms. The van der Waals surface area contributed by atoms with Crippen molar-refractivity contribution < 1.29 is 9.47 Å². The number of rotatable bonds is 3. The molecule has 3 rings (SSSR count). The van der Waals surface area contributed by atoms with E-state index in [0.29, 0.717) is 18.1 Å². The molecule has 3 fully saturated rings. The molecule has 3 aliphatic rings. The molecule has 4 atom stereocenters. The summed E-state index contributed by atoms with van der Waals surface area (Å²) in [7, 11) is 2.20. The van der Waals surface area contributed by atoms with Gasteiger partial charge in [0, 0.05) is 42.7 Å². The van der Waals surface area contributed by atoms with Crippen LogP contribution in [-0.2, 0) is 9.47 Å². The van der Waals surface area contributed by atoms with Gasteiger partial charge in [0.2, 0.25) is 0 Å². The number of hydrogen-bond donors (Lipinski definition) is 1. The number of fused-ring (bicyclic) bond motifs is 1. The van der Waals surface area contributed by atoms with Gasteiger partial charge in [0.05, 0.1) is 12.7 Å². The van der Waals surface area contributed by atoms with Gasteiger partial charge in [0.15, 0.2) is 0 Å². The second-order valence-corrected chi connectivity index (χ2v) is 7.23. The van der Waals surface area contributed by atoms with Crippen molar-refractivity contribution in [3.05, 3.63) is 0 Å². The number of likely N-dealkylation sites (N-methyl/N-ethyl adjacent to an activating group) is 1. The Hall–Kier alpha value is -0.160. The number of ether oxygens (including phenoxy) is 2. The van der Waals surface area contributed by atoms with Crippen molar-refractivity contribution in [2.45, 2.75) is 50.8 Å². The molecule has 4 unspecified atom stereocenters. The molecule has 1 aliphatic carbocycles. The van der Waals surface area contributed by atoms with Crippen molar-refractivity contribution in [2.75, 3.05) is 33.4 Å².